The van der Waals surface area contributed by atoms with Crippen LogP contribution in [0.2, 0.25) is 0 Å². The third kappa shape index (κ3) is 2.77. The summed E-state index contributed by atoms with van der Waals surface area (Å²) in [7, 11) is -1.26. The van der Waals surface area contributed by atoms with E-state index < -0.39 is 10.0 Å². The average Bonchev–Trinajstić information content (AvgIpc) is 2.32. The first-order valence-electron chi connectivity index (χ1n) is 5.99. The number of quaternary nitrogens is 1. The second kappa shape index (κ2) is 5.28. The molecule has 1 aromatic rings. The van der Waals surface area contributed by atoms with Gasteiger partial charge in [0.25, 0.3) is 0 Å². The first-order valence-corrected chi connectivity index (χ1v) is 8.22. The van der Waals surface area contributed by atoms with E-state index >= 15 is 0 Å². The van der Waals surface area contributed by atoms with Gasteiger partial charge in [-0.15, -0.1) is 0 Å². The van der Waals surface area contributed by atoms with Crippen molar-refractivity contribution in [1.29, 1.82) is 0 Å². The van der Waals surface area contributed by atoms with Crippen LogP contribution in [0.4, 0.5) is 0 Å². The van der Waals surface area contributed by atoms with Crippen LogP contribution in [0.25, 0.3) is 0 Å². The fourth-order valence-corrected chi connectivity index (χ4v) is 4.30. The van der Waals surface area contributed by atoms with Gasteiger partial charge in [0.05, 0.1) is 38.1 Å². The van der Waals surface area contributed by atoms with E-state index in [0.717, 1.165) is 23.1 Å². The SMILES string of the molecule is Cc1ccc(Br)cc1S(=O)(=O)N1CC[NH+](C)CC1. The Labute approximate surface area is 117 Å². The smallest absolute Gasteiger partial charge is 0.243 e. The predicted octanol–water partition coefficient (Wildman–Crippen LogP) is 0.277. The van der Waals surface area contributed by atoms with Crippen molar-refractivity contribution in [2.24, 2.45) is 0 Å². The van der Waals surface area contributed by atoms with Gasteiger partial charge in [-0.3, -0.25) is 0 Å². The molecule has 4 nitrogen and oxygen atoms in total. The van der Waals surface area contributed by atoms with Gasteiger partial charge in [-0.05, 0) is 24.6 Å². The Hall–Kier alpha value is -0.430. The molecule has 1 aliphatic rings. The number of aryl methyl sites for hydroxylation is 1. The van der Waals surface area contributed by atoms with Crippen molar-refractivity contribution in [3.8, 4) is 0 Å². The lowest BCUT2D eigenvalue weighted by atomic mass is 10.2. The molecule has 1 aromatic carbocycles. The van der Waals surface area contributed by atoms with Crippen LogP contribution in [-0.2, 0) is 10.0 Å². The number of hydrogen-bond donors (Lipinski definition) is 1. The number of rotatable bonds is 2. The number of piperazine rings is 1. The zero-order chi connectivity index (χ0) is 13.3. The van der Waals surface area contributed by atoms with Gasteiger partial charge in [-0.1, -0.05) is 22.0 Å². The maximum Gasteiger partial charge on any atom is 0.243 e. The molecule has 100 valence electrons. The van der Waals surface area contributed by atoms with Crippen molar-refractivity contribution in [2.45, 2.75) is 11.8 Å². The van der Waals surface area contributed by atoms with Crippen LogP contribution >= 0.6 is 15.9 Å². The standard InChI is InChI=1S/C12H17BrN2O2S/c1-10-3-4-11(13)9-12(10)18(16,17)15-7-5-14(2)6-8-15/h3-4,9H,5-8H2,1-2H3/p+1. The van der Waals surface area contributed by atoms with Crippen LogP contribution < -0.4 is 4.90 Å². The summed E-state index contributed by atoms with van der Waals surface area (Å²) in [5.74, 6) is 0. The predicted molar refractivity (Wildman–Crippen MR) is 74.3 cm³/mol. The molecule has 0 spiro atoms. The summed E-state index contributed by atoms with van der Waals surface area (Å²) in [6.45, 7) is 4.76. The van der Waals surface area contributed by atoms with E-state index in [4.69, 9.17) is 0 Å². The molecule has 1 N–H and O–H groups in total. The molecule has 18 heavy (non-hydrogen) atoms. The normalized spacial score (nSPS) is 19.1. The number of likely N-dealkylation sites (N-methyl/N-ethyl adjacent to an activating group) is 1. The van der Waals surface area contributed by atoms with E-state index in [0.29, 0.717) is 18.0 Å². The average molecular weight is 334 g/mol. The summed E-state index contributed by atoms with van der Waals surface area (Å²) in [4.78, 5) is 1.80. The number of halogens is 1. The van der Waals surface area contributed by atoms with Crippen LogP contribution in [-0.4, -0.2) is 45.9 Å². The fourth-order valence-electron chi connectivity index (χ4n) is 2.10. The second-order valence-electron chi connectivity index (χ2n) is 4.77. The van der Waals surface area contributed by atoms with Crippen LogP contribution in [0.15, 0.2) is 27.6 Å². The van der Waals surface area contributed by atoms with Gasteiger partial charge in [-0.25, -0.2) is 8.42 Å². The molecule has 0 radical (unpaired) electrons. The molecule has 1 fully saturated rings. The van der Waals surface area contributed by atoms with Crippen molar-refractivity contribution in [2.75, 3.05) is 33.2 Å². The number of hydrogen-bond acceptors (Lipinski definition) is 2. The molecule has 0 bridgehead atoms. The van der Waals surface area contributed by atoms with E-state index in [-0.39, 0.29) is 0 Å². The van der Waals surface area contributed by atoms with Crippen molar-refractivity contribution in [3.63, 3.8) is 0 Å². The fraction of sp³-hybridized carbons (Fsp3) is 0.500. The van der Waals surface area contributed by atoms with Gasteiger partial charge in [0, 0.05) is 4.47 Å². The maximum atomic E-state index is 12.6. The summed E-state index contributed by atoms with van der Waals surface area (Å²) in [6, 6.07) is 5.39. The minimum Gasteiger partial charge on any atom is -0.335 e. The van der Waals surface area contributed by atoms with Crippen LogP contribution in [0, 0.1) is 6.92 Å². The molecule has 1 saturated heterocycles. The van der Waals surface area contributed by atoms with E-state index in [1.807, 2.05) is 19.1 Å². The summed E-state index contributed by atoms with van der Waals surface area (Å²) >= 11 is 3.34. The Balaban J connectivity index is 2.33. The molecular weight excluding hydrogens is 316 g/mol. The lowest BCUT2D eigenvalue weighted by molar-refractivity contribution is -0.883. The van der Waals surface area contributed by atoms with Crippen LogP contribution in [0.1, 0.15) is 5.56 Å². The molecule has 0 atom stereocenters. The van der Waals surface area contributed by atoms with Gasteiger partial charge in [0.1, 0.15) is 0 Å². The van der Waals surface area contributed by atoms with Gasteiger partial charge in [-0.2, -0.15) is 4.31 Å². The lowest BCUT2D eigenvalue weighted by Crippen LogP contribution is -3.12. The molecular formula is C12H18BrN2O2S+. The first kappa shape index (κ1) is 14.0. The second-order valence-corrected chi connectivity index (χ2v) is 7.59. The quantitative estimate of drug-likeness (QED) is 0.844. The van der Waals surface area contributed by atoms with Gasteiger partial charge >= 0.3 is 0 Å². The third-order valence-corrected chi connectivity index (χ3v) is 5.88. The largest absolute Gasteiger partial charge is 0.335 e. The Morgan fingerprint density at radius 3 is 2.50 bits per heavy atom. The minimum absolute atomic E-state index is 0.413. The third-order valence-electron chi connectivity index (χ3n) is 3.34. The maximum absolute atomic E-state index is 12.6. The van der Waals surface area contributed by atoms with Gasteiger partial charge in [0.15, 0.2) is 0 Å². The van der Waals surface area contributed by atoms with Crippen LogP contribution in [0.5, 0.6) is 0 Å². The van der Waals surface area contributed by atoms with E-state index in [2.05, 4.69) is 23.0 Å². The topological polar surface area (TPSA) is 41.8 Å². The highest BCUT2D eigenvalue weighted by atomic mass is 79.9. The Bertz CT molecular complexity index is 537. The summed E-state index contributed by atoms with van der Waals surface area (Å²) in [6.07, 6.45) is 0. The van der Waals surface area contributed by atoms with Gasteiger partial charge < -0.3 is 4.90 Å². The molecule has 0 amide bonds. The number of benzene rings is 1. The minimum atomic E-state index is -3.35. The first-order chi connectivity index (χ1) is 8.41. The zero-order valence-corrected chi connectivity index (χ0v) is 13.0. The molecule has 1 heterocycles. The summed E-state index contributed by atoms with van der Waals surface area (Å²) in [5, 5.41) is 0. The van der Waals surface area contributed by atoms with Gasteiger partial charge in [0.2, 0.25) is 10.0 Å². The molecule has 2 rings (SSSR count). The molecule has 0 aromatic heterocycles. The van der Waals surface area contributed by atoms with E-state index in [1.54, 1.807) is 10.4 Å². The lowest BCUT2D eigenvalue weighted by Gasteiger charge is -2.29. The van der Waals surface area contributed by atoms with Crippen molar-refractivity contribution >= 4 is 26.0 Å². The molecule has 1 aliphatic heterocycles. The van der Waals surface area contributed by atoms with E-state index in [9.17, 15) is 8.42 Å². The number of nitrogens with one attached hydrogen (secondary N) is 1. The monoisotopic (exact) mass is 333 g/mol. The van der Waals surface area contributed by atoms with E-state index in [1.165, 1.54) is 4.90 Å². The Morgan fingerprint density at radius 1 is 1.28 bits per heavy atom. The number of nitrogens with zero attached hydrogens (tertiary/aromatic N) is 1. The summed E-state index contributed by atoms with van der Waals surface area (Å²) < 4.78 is 27.5. The molecule has 0 saturated carbocycles. The van der Waals surface area contributed by atoms with Crippen molar-refractivity contribution in [3.05, 3.63) is 28.2 Å². The van der Waals surface area contributed by atoms with Crippen LogP contribution in [0.3, 0.4) is 0 Å². The highest BCUT2D eigenvalue weighted by Gasteiger charge is 2.30. The summed E-state index contributed by atoms with van der Waals surface area (Å²) in [5.41, 5.74) is 0.796. The number of sulfonamides is 1. The highest BCUT2D eigenvalue weighted by molar-refractivity contribution is 9.10. The molecule has 6 heteroatoms. The molecule has 0 unspecified atom stereocenters. The highest BCUT2D eigenvalue weighted by Crippen LogP contribution is 2.23. The van der Waals surface area contributed by atoms with Crippen molar-refractivity contribution < 1.29 is 13.3 Å². The van der Waals surface area contributed by atoms with Crippen molar-refractivity contribution in [1.82, 2.24) is 4.31 Å². The zero-order valence-electron chi connectivity index (χ0n) is 10.6. The Kier molecular flexibility index (Phi) is 4.11. The Morgan fingerprint density at radius 2 is 1.89 bits per heavy atom. The molecule has 0 aliphatic carbocycles.